The molecule has 0 amide bonds. The van der Waals surface area contributed by atoms with Crippen LogP contribution in [0.25, 0.3) is 0 Å². The molecule has 4 nitrogen and oxygen atoms in total. The zero-order chi connectivity index (χ0) is 11.3. The fourth-order valence-electron chi connectivity index (χ4n) is 1.52. The molecule has 0 saturated heterocycles. The maximum atomic E-state index is 5.29. The minimum atomic E-state index is 0.360. The van der Waals surface area contributed by atoms with E-state index in [0.29, 0.717) is 10.8 Å². The van der Waals surface area contributed by atoms with Gasteiger partial charge in [0.15, 0.2) is 4.77 Å². The van der Waals surface area contributed by atoms with Crippen molar-refractivity contribution in [3.63, 3.8) is 0 Å². The van der Waals surface area contributed by atoms with Crippen molar-refractivity contribution in [2.75, 3.05) is 13.2 Å². The molecule has 0 radical (unpaired) electrons. The molecule has 0 aliphatic heterocycles. The molecule has 0 aliphatic carbocycles. The Balaban J connectivity index is 2.57. The number of H-pyrrole nitrogens is 1. The fourth-order valence-corrected chi connectivity index (χ4v) is 1.88. The molecule has 0 bridgehead atoms. The van der Waals surface area contributed by atoms with Gasteiger partial charge in [0, 0.05) is 25.7 Å². The van der Waals surface area contributed by atoms with Crippen LogP contribution in [-0.4, -0.2) is 28.0 Å². The number of rotatable bonds is 6. The number of nitrogens with zero attached hydrogens (tertiary/aromatic N) is 2. The summed E-state index contributed by atoms with van der Waals surface area (Å²) in [5.41, 5.74) is 0. The van der Waals surface area contributed by atoms with Crippen LogP contribution in [0.1, 0.15) is 39.1 Å². The van der Waals surface area contributed by atoms with Crippen LogP contribution in [-0.2, 0) is 11.2 Å². The van der Waals surface area contributed by atoms with Crippen molar-refractivity contribution in [1.82, 2.24) is 14.8 Å². The van der Waals surface area contributed by atoms with Crippen LogP contribution < -0.4 is 0 Å². The molecular weight excluding hydrogens is 210 g/mol. The first kappa shape index (κ1) is 12.4. The first-order valence-electron chi connectivity index (χ1n) is 5.40. The Morgan fingerprint density at radius 1 is 1.53 bits per heavy atom. The van der Waals surface area contributed by atoms with Crippen LogP contribution >= 0.6 is 12.2 Å². The van der Waals surface area contributed by atoms with Gasteiger partial charge in [0.05, 0.1) is 0 Å². The first-order valence-corrected chi connectivity index (χ1v) is 5.81. The highest BCUT2D eigenvalue weighted by Gasteiger charge is 2.08. The molecule has 1 heterocycles. The van der Waals surface area contributed by atoms with Gasteiger partial charge in [0.25, 0.3) is 0 Å². The molecular formula is C10H19N3OS. The third kappa shape index (κ3) is 3.43. The van der Waals surface area contributed by atoms with Crippen molar-refractivity contribution in [1.29, 1.82) is 0 Å². The predicted molar refractivity (Wildman–Crippen MR) is 62.6 cm³/mol. The summed E-state index contributed by atoms with van der Waals surface area (Å²) in [6.07, 6.45) is 1.89. The van der Waals surface area contributed by atoms with Crippen LogP contribution in [0.4, 0.5) is 0 Å². The molecule has 0 unspecified atom stereocenters. The Morgan fingerprint density at radius 2 is 2.27 bits per heavy atom. The number of hydrogen-bond donors (Lipinski definition) is 1. The normalized spacial score (nSPS) is 11.2. The summed E-state index contributed by atoms with van der Waals surface area (Å²) >= 11 is 5.16. The summed E-state index contributed by atoms with van der Waals surface area (Å²) in [6, 6.07) is 0.360. The lowest BCUT2D eigenvalue weighted by Crippen LogP contribution is -2.07. The lowest BCUT2D eigenvalue weighted by Gasteiger charge is -2.09. The second kappa shape index (κ2) is 6.02. The zero-order valence-corrected chi connectivity index (χ0v) is 10.4. The number of nitrogens with one attached hydrogen (secondary N) is 1. The highest BCUT2D eigenvalue weighted by Crippen LogP contribution is 2.10. The summed E-state index contributed by atoms with van der Waals surface area (Å²) < 4.78 is 8.05. The minimum absolute atomic E-state index is 0.360. The van der Waals surface area contributed by atoms with Gasteiger partial charge in [-0.3, -0.25) is 5.10 Å². The summed E-state index contributed by atoms with van der Waals surface area (Å²) in [5, 5.41) is 7.06. The summed E-state index contributed by atoms with van der Waals surface area (Å²) in [5.74, 6) is 1.02. The van der Waals surface area contributed by atoms with E-state index in [1.54, 1.807) is 0 Å². The molecule has 1 N–H and O–H groups in total. The number of hydrogen-bond acceptors (Lipinski definition) is 3. The molecule has 86 valence electrons. The Kier molecular flexibility index (Phi) is 4.98. The lowest BCUT2D eigenvalue weighted by atomic mass is 10.3. The van der Waals surface area contributed by atoms with Gasteiger partial charge in [-0.2, -0.15) is 5.10 Å². The fraction of sp³-hybridized carbons (Fsp3) is 0.800. The number of aryl methyl sites for hydroxylation is 1. The summed E-state index contributed by atoms with van der Waals surface area (Å²) in [6.45, 7) is 7.78. The molecule has 0 spiro atoms. The average Bonchev–Trinajstić information content (AvgIpc) is 2.54. The smallest absolute Gasteiger partial charge is 0.195 e. The zero-order valence-electron chi connectivity index (χ0n) is 9.62. The second-order valence-corrected chi connectivity index (χ2v) is 4.10. The Labute approximate surface area is 95.7 Å². The van der Waals surface area contributed by atoms with Gasteiger partial charge in [-0.1, -0.05) is 0 Å². The summed E-state index contributed by atoms with van der Waals surface area (Å²) in [7, 11) is 0. The van der Waals surface area contributed by atoms with E-state index in [0.717, 1.165) is 31.9 Å². The van der Waals surface area contributed by atoms with Crippen LogP contribution in [0.15, 0.2) is 0 Å². The van der Waals surface area contributed by atoms with E-state index in [1.165, 1.54) is 0 Å². The van der Waals surface area contributed by atoms with Crippen molar-refractivity contribution >= 4 is 12.2 Å². The molecule has 0 saturated carbocycles. The van der Waals surface area contributed by atoms with Crippen LogP contribution in [0.3, 0.4) is 0 Å². The molecule has 0 aromatic carbocycles. The quantitative estimate of drug-likeness (QED) is 0.602. The van der Waals surface area contributed by atoms with Gasteiger partial charge in [-0.15, -0.1) is 0 Å². The van der Waals surface area contributed by atoms with E-state index >= 15 is 0 Å². The second-order valence-electron chi connectivity index (χ2n) is 3.71. The first-order chi connectivity index (χ1) is 7.16. The highest BCUT2D eigenvalue weighted by atomic mass is 32.1. The molecule has 0 fully saturated rings. The van der Waals surface area contributed by atoms with Crippen molar-refractivity contribution in [3.8, 4) is 0 Å². The van der Waals surface area contributed by atoms with Crippen molar-refractivity contribution in [2.24, 2.45) is 0 Å². The van der Waals surface area contributed by atoms with Crippen LogP contribution in [0.5, 0.6) is 0 Å². The Hall–Kier alpha value is -0.680. The Morgan fingerprint density at radius 3 is 2.87 bits per heavy atom. The van der Waals surface area contributed by atoms with E-state index in [4.69, 9.17) is 17.0 Å². The van der Waals surface area contributed by atoms with Crippen molar-refractivity contribution in [3.05, 3.63) is 10.6 Å². The Bertz CT molecular complexity index is 343. The monoisotopic (exact) mass is 229 g/mol. The maximum Gasteiger partial charge on any atom is 0.195 e. The molecule has 1 aromatic rings. The molecule has 0 aliphatic rings. The van der Waals surface area contributed by atoms with E-state index in [1.807, 2.05) is 6.92 Å². The van der Waals surface area contributed by atoms with Gasteiger partial charge >= 0.3 is 0 Å². The maximum absolute atomic E-state index is 5.29. The van der Waals surface area contributed by atoms with Crippen molar-refractivity contribution in [2.45, 2.75) is 39.7 Å². The van der Waals surface area contributed by atoms with E-state index in [2.05, 4.69) is 28.6 Å². The van der Waals surface area contributed by atoms with Gasteiger partial charge in [0.2, 0.25) is 0 Å². The van der Waals surface area contributed by atoms with Gasteiger partial charge < -0.3 is 9.30 Å². The van der Waals surface area contributed by atoms with Gasteiger partial charge in [-0.05, 0) is 39.4 Å². The van der Waals surface area contributed by atoms with Crippen LogP contribution in [0, 0.1) is 4.77 Å². The van der Waals surface area contributed by atoms with Gasteiger partial charge in [0.1, 0.15) is 5.82 Å². The minimum Gasteiger partial charge on any atom is -0.382 e. The van der Waals surface area contributed by atoms with E-state index in [9.17, 15) is 0 Å². The van der Waals surface area contributed by atoms with E-state index < -0.39 is 0 Å². The SMILES string of the molecule is CCOCCCc1n[nH]c(=S)n1C(C)C. The predicted octanol–water partition coefficient (Wildman–Crippen LogP) is 2.49. The lowest BCUT2D eigenvalue weighted by molar-refractivity contribution is 0.144. The molecule has 15 heavy (non-hydrogen) atoms. The standard InChI is InChI=1S/C10H19N3OS/c1-4-14-7-5-6-9-11-12-10(15)13(9)8(2)3/h8H,4-7H2,1-3H3,(H,12,15). The van der Waals surface area contributed by atoms with Crippen molar-refractivity contribution < 1.29 is 4.74 Å². The molecule has 0 atom stereocenters. The molecule has 1 aromatic heterocycles. The average molecular weight is 229 g/mol. The number of aromatic nitrogens is 3. The number of ether oxygens (including phenoxy) is 1. The largest absolute Gasteiger partial charge is 0.382 e. The molecule has 1 rings (SSSR count). The topological polar surface area (TPSA) is 42.8 Å². The molecule has 5 heteroatoms. The third-order valence-corrected chi connectivity index (χ3v) is 2.48. The van der Waals surface area contributed by atoms with E-state index in [-0.39, 0.29) is 0 Å². The third-order valence-electron chi connectivity index (χ3n) is 2.19. The van der Waals surface area contributed by atoms with Gasteiger partial charge in [-0.25, -0.2) is 0 Å². The number of aromatic amines is 1. The highest BCUT2D eigenvalue weighted by molar-refractivity contribution is 7.71. The summed E-state index contributed by atoms with van der Waals surface area (Å²) in [4.78, 5) is 0. The van der Waals surface area contributed by atoms with Crippen LogP contribution in [0.2, 0.25) is 0 Å².